The smallest absolute Gasteiger partial charge is 0.311 e. The third-order valence-electron chi connectivity index (χ3n) is 5.39. The van der Waals surface area contributed by atoms with Gasteiger partial charge >= 0.3 is 5.97 Å². The summed E-state index contributed by atoms with van der Waals surface area (Å²) in [5, 5.41) is 23.6. The van der Waals surface area contributed by atoms with E-state index in [0.717, 1.165) is 24.0 Å². The number of nitrogens with one attached hydrogen (secondary N) is 1. The molecule has 0 fully saturated rings. The molecule has 1 atom stereocenters. The van der Waals surface area contributed by atoms with Crippen LogP contribution in [0.25, 0.3) is 0 Å². The van der Waals surface area contributed by atoms with Gasteiger partial charge in [0, 0.05) is 18.5 Å². The van der Waals surface area contributed by atoms with Crippen molar-refractivity contribution in [3.63, 3.8) is 0 Å². The van der Waals surface area contributed by atoms with Crippen LogP contribution in [0.1, 0.15) is 48.1 Å². The number of ether oxygens (including phenoxy) is 2. The zero-order chi connectivity index (χ0) is 24.2. The topological polar surface area (TPSA) is 88.0 Å². The minimum Gasteiger partial charge on any atom is -0.489 e. The highest BCUT2D eigenvalue weighted by molar-refractivity contribution is 5.72. The van der Waals surface area contributed by atoms with E-state index in [1.54, 1.807) is 18.2 Å². The van der Waals surface area contributed by atoms with Crippen molar-refractivity contribution < 1.29 is 24.5 Å². The van der Waals surface area contributed by atoms with Gasteiger partial charge in [-0.2, -0.15) is 0 Å². The van der Waals surface area contributed by atoms with Crippen molar-refractivity contribution in [2.75, 3.05) is 13.1 Å². The predicted octanol–water partition coefficient (Wildman–Crippen LogP) is 4.33. The summed E-state index contributed by atoms with van der Waals surface area (Å²) in [6.45, 7) is 3.22. The van der Waals surface area contributed by atoms with E-state index in [4.69, 9.17) is 9.47 Å². The number of aliphatic hydroxyl groups excluding tert-OH is 2. The Morgan fingerprint density at radius 1 is 1.00 bits per heavy atom. The van der Waals surface area contributed by atoms with Gasteiger partial charge in [-0.05, 0) is 60.3 Å². The van der Waals surface area contributed by atoms with Crippen LogP contribution in [-0.2, 0) is 24.4 Å². The summed E-state index contributed by atoms with van der Waals surface area (Å²) >= 11 is 0. The second-order valence-electron chi connectivity index (χ2n) is 8.14. The normalized spacial score (nSPS) is 11.7. The molecule has 0 saturated heterocycles. The second kappa shape index (κ2) is 13.5. The quantitative estimate of drug-likeness (QED) is 0.199. The van der Waals surface area contributed by atoms with Gasteiger partial charge in [-0.15, -0.1) is 0 Å². The minimum absolute atomic E-state index is 0.169. The molecule has 34 heavy (non-hydrogen) atoms. The summed E-state index contributed by atoms with van der Waals surface area (Å²) in [6, 6.07) is 22.7. The molecule has 0 aliphatic carbocycles. The Bertz CT molecular complexity index is 1040. The average Bonchev–Trinajstić information content (AvgIpc) is 2.86. The lowest BCUT2D eigenvalue weighted by atomic mass is 10.0. The molecule has 3 N–H and O–H groups in total. The van der Waals surface area contributed by atoms with E-state index in [-0.39, 0.29) is 12.6 Å². The van der Waals surface area contributed by atoms with Crippen LogP contribution in [0.3, 0.4) is 0 Å². The fourth-order valence-electron chi connectivity index (χ4n) is 3.55. The van der Waals surface area contributed by atoms with E-state index in [1.165, 1.54) is 0 Å². The average molecular weight is 464 g/mol. The van der Waals surface area contributed by atoms with Gasteiger partial charge in [0.05, 0.1) is 12.7 Å². The van der Waals surface area contributed by atoms with Crippen molar-refractivity contribution in [1.82, 2.24) is 5.32 Å². The van der Waals surface area contributed by atoms with Gasteiger partial charge < -0.3 is 25.0 Å². The molecule has 0 aliphatic rings. The lowest BCUT2D eigenvalue weighted by Gasteiger charge is -2.16. The number of esters is 1. The van der Waals surface area contributed by atoms with Crippen molar-refractivity contribution in [3.8, 4) is 11.5 Å². The Kier molecular flexibility index (Phi) is 10.1. The number of carbonyl (C=O) groups is 1. The molecule has 180 valence electrons. The van der Waals surface area contributed by atoms with Gasteiger partial charge in [-0.25, -0.2) is 0 Å². The first-order valence-electron chi connectivity index (χ1n) is 11.7. The van der Waals surface area contributed by atoms with Gasteiger partial charge in [0.2, 0.25) is 0 Å². The monoisotopic (exact) mass is 463 g/mol. The van der Waals surface area contributed by atoms with Gasteiger partial charge in [0.25, 0.3) is 0 Å². The fraction of sp³-hybridized carbons (Fsp3) is 0.321. The van der Waals surface area contributed by atoms with Crippen LogP contribution in [0, 0.1) is 0 Å². The maximum absolute atomic E-state index is 11.7. The summed E-state index contributed by atoms with van der Waals surface area (Å²) in [5.41, 5.74) is 3.45. The number of hydrogen-bond donors (Lipinski definition) is 3. The molecule has 0 bridgehead atoms. The van der Waals surface area contributed by atoms with Crippen molar-refractivity contribution in [3.05, 3.63) is 95.1 Å². The van der Waals surface area contributed by atoms with Gasteiger partial charge in [-0.1, -0.05) is 55.5 Å². The van der Waals surface area contributed by atoms with E-state index in [9.17, 15) is 15.0 Å². The maximum Gasteiger partial charge on any atom is 0.311 e. The summed E-state index contributed by atoms with van der Waals surface area (Å²) < 4.78 is 11.2. The first-order chi connectivity index (χ1) is 16.6. The molecule has 6 heteroatoms. The van der Waals surface area contributed by atoms with Crippen LogP contribution in [0.5, 0.6) is 11.5 Å². The van der Waals surface area contributed by atoms with E-state index >= 15 is 0 Å². The molecule has 3 rings (SSSR count). The predicted molar refractivity (Wildman–Crippen MR) is 132 cm³/mol. The second-order valence-corrected chi connectivity index (χ2v) is 8.14. The molecule has 3 aromatic rings. The van der Waals surface area contributed by atoms with E-state index in [0.29, 0.717) is 48.7 Å². The van der Waals surface area contributed by atoms with E-state index in [2.05, 4.69) is 5.32 Å². The van der Waals surface area contributed by atoms with Crippen LogP contribution >= 0.6 is 0 Å². The fourth-order valence-corrected chi connectivity index (χ4v) is 3.55. The lowest BCUT2D eigenvalue weighted by molar-refractivity contribution is -0.134. The summed E-state index contributed by atoms with van der Waals surface area (Å²) in [6.07, 6.45) is 1.19. The zero-order valence-corrected chi connectivity index (χ0v) is 19.6. The number of hydrogen-bond acceptors (Lipinski definition) is 6. The molecule has 6 nitrogen and oxygen atoms in total. The molecule has 0 heterocycles. The third kappa shape index (κ3) is 7.99. The first-order valence-corrected chi connectivity index (χ1v) is 11.7. The maximum atomic E-state index is 11.7. The molecule has 0 amide bonds. The van der Waals surface area contributed by atoms with Gasteiger partial charge in [-0.3, -0.25) is 4.79 Å². The summed E-state index contributed by atoms with van der Waals surface area (Å²) in [7, 11) is 0. The molecule has 3 aromatic carbocycles. The van der Waals surface area contributed by atoms with Crippen LogP contribution in [-0.4, -0.2) is 29.3 Å². The first kappa shape index (κ1) is 25.4. The Balaban J connectivity index is 1.47. The van der Waals surface area contributed by atoms with Crippen LogP contribution in [0.15, 0.2) is 72.8 Å². The number of aliphatic hydroxyl groups is 2. The van der Waals surface area contributed by atoms with E-state index in [1.807, 2.05) is 61.5 Å². The van der Waals surface area contributed by atoms with Crippen molar-refractivity contribution in [2.24, 2.45) is 0 Å². The third-order valence-corrected chi connectivity index (χ3v) is 5.39. The summed E-state index contributed by atoms with van der Waals surface area (Å²) in [5.74, 6) is 0.941. The molecule has 0 spiro atoms. The van der Waals surface area contributed by atoms with Crippen LogP contribution in [0.4, 0.5) is 0 Å². The highest BCUT2D eigenvalue weighted by atomic mass is 16.5. The zero-order valence-electron chi connectivity index (χ0n) is 19.6. The van der Waals surface area contributed by atoms with Gasteiger partial charge in [0.15, 0.2) is 0 Å². The Morgan fingerprint density at radius 2 is 1.79 bits per heavy atom. The SMILES string of the molecule is CCCC(=O)Oc1cccc(CCNC[C@H](O)c2ccc(OCc3ccccc3)c(CO)c2)c1. The van der Waals surface area contributed by atoms with E-state index < -0.39 is 6.10 Å². The highest BCUT2D eigenvalue weighted by Gasteiger charge is 2.12. The Morgan fingerprint density at radius 3 is 2.56 bits per heavy atom. The molecular weight excluding hydrogens is 430 g/mol. The van der Waals surface area contributed by atoms with Gasteiger partial charge in [0.1, 0.15) is 18.1 Å². The number of carbonyl (C=O) groups excluding carboxylic acids is 1. The summed E-state index contributed by atoms with van der Waals surface area (Å²) in [4.78, 5) is 11.7. The molecule has 0 aliphatic heterocycles. The molecule has 0 aromatic heterocycles. The van der Waals surface area contributed by atoms with Crippen molar-refractivity contribution in [1.29, 1.82) is 0 Å². The minimum atomic E-state index is -0.713. The standard InChI is InChI=1S/C28H33NO5/c1-2-7-28(32)34-25-11-6-10-21(16-25)14-15-29-18-26(31)23-12-13-27(24(17-23)19-30)33-20-22-8-4-3-5-9-22/h3-6,8-13,16-17,26,29-31H,2,7,14-15,18-20H2,1H3/t26-/m0/s1. The highest BCUT2D eigenvalue weighted by Crippen LogP contribution is 2.24. The molecule has 0 saturated carbocycles. The Hall–Kier alpha value is -3.19. The largest absolute Gasteiger partial charge is 0.489 e. The lowest BCUT2D eigenvalue weighted by Crippen LogP contribution is -2.24. The molecule has 0 unspecified atom stereocenters. The van der Waals surface area contributed by atoms with Crippen molar-refractivity contribution in [2.45, 2.75) is 45.5 Å². The number of rotatable bonds is 13. The molecule has 0 radical (unpaired) electrons. The van der Waals surface area contributed by atoms with Crippen molar-refractivity contribution >= 4 is 5.97 Å². The van der Waals surface area contributed by atoms with Crippen LogP contribution < -0.4 is 14.8 Å². The Labute approximate surface area is 201 Å². The number of benzene rings is 3. The van der Waals surface area contributed by atoms with Crippen LogP contribution in [0.2, 0.25) is 0 Å². The molecular formula is C28H33NO5.